The monoisotopic (exact) mass is 382 g/mol. The lowest BCUT2D eigenvalue weighted by Gasteiger charge is -2.15. The summed E-state index contributed by atoms with van der Waals surface area (Å²) in [7, 11) is -6.21. The van der Waals surface area contributed by atoms with E-state index in [1.807, 2.05) is 0 Å². The maximum absolute atomic E-state index is 12.6. The van der Waals surface area contributed by atoms with Crippen LogP contribution in [0.3, 0.4) is 0 Å². The van der Waals surface area contributed by atoms with Crippen molar-refractivity contribution >= 4 is 27.1 Å². The number of halogens is 3. The van der Waals surface area contributed by atoms with Gasteiger partial charge in [0.15, 0.2) is 17.0 Å². The van der Waals surface area contributed by atoms with Gasteiger partial charge in [0.25, 0.3) is 0 Å². The van der Waals surface area contributed by atoms with E-state index in [2.05, 4.69) is 13.9 Å². The third-order valence-corrected chi connectivity index (χ3v) is 3.77. The van der Waals surface area contributed by atoms with Crippen LogP contribution in [0.2, 0.25) is 0 Å². The fraction of sp³-hybridized carbons (Fsp3) is 0.250. The number of esters is 1. The molecule has 0 unspecified atom stereocenters. The maximum Gasteiger partial charge on any atom is 0.534 e. The molecule has 25 heavy (non-hydrogen) atoms. The average Bonchev–Trinajstić information content (AvgIpc) is 2.51. The average molecular weight is 382 g/mol. The number of hydrogen-bond donors (Lipinski definition) is 1. The molecule has 2 aromatic heterocycles. The molecule has 0 aliphatic carbocycles. The van der Waals surface area contributed by atoms with Gasteiger partial charge in [-0.1, -0.05) is 0 Å². The lowest BCUT2D eigenvalue weighted by molar-refractivity contribution is -0.0500. The van der Waals surface area contributed by atoms with Crippen molar-refractivity contribution in [2.24, 2.45) is 0 Å². The molecule has 2 aromatic rings. The highest BCUT2D eigenvalue weighted by Gasteiger charge is 2.49. The Kier molecular flexibility index (Phi) is 4.61. The topological polar surface area (TPSA) is 125 Å². The molecule has 0 bridgehead atoms. The van der Waals surface area contributed by atoms with Crippen LogP contribution in [0.15, 0.2) is 23.1 Å². The molecule has 0 saturated heterocycles. The number of fused-ring (bicyclic) bond motifs is 1. The molecule has 2 heterocycles. The molecule has 0 aliphatic rings. The number of aromatic nitrogens is 2. The second-order valence-corrected chi connectivity index (χ2v) is 5.94. The minimum atomic E-state index is -6.21. The van der Waals surface area contributed by atoms with Crippen LogP contribution < -0.4 is 9.74 Å². The zero-order valence-corrected chi connectivity index (χ0v) is 13.1. The van der Waals surface area contributed by atoms with Gasteiger partial charge in [-0.25, -0.2) is 9.78 Å². The Morgan fingerprint density at radius 3 is 2.60 bits per heavy atom. The summed E-state index contributed by atoms with van der Waals surface area (Å²) in [5.41, 5.74) is -9.22. The normalized spacial score (nSPS) is 12.2. The maximum atomic E-state index is 12.6. The molecule has 0 aliphatic heterocycles. The number of nitrogens with zero attached hydrogens (tertiary/aromatic N) is 2. The van der Waals surface area contributed by atoms with Crippen molar-refractivity contribution in [1.29, 1.82) is 0 Å². The van der Waals surface area contributed by atoms with Crippen molar-refractivity contribution in [1.82, 2.24) is 9.71 Å². The van der Waals surface area contributed by atoms with Crippen LogP contribution in [0.25, 0.3) is 11.0 Å². The van der Waals surface area contributed by atoms with Gasteiger partial charge in [0.2, 0.25) is 0 Å². The third-order valence-electron chi connectivity index (χ3n) is 2.82. The molecule has 0 fully saturated rings. The van der Waals surface area contributed by atoms with Crippen LogP contribution in [-0.2, 0) is 14.9 Å². The number of pyridine rings is 2. The Labute approximate surface area is 137 Å². The first-order valence-corrected chi connectivity index (χ1v) is 7.83. The molecular formula is C12H9F3N2O7S. The van der Waals surface area contributed by atoms with Crippen molar-refractivity contribution in [2.45, 2.75) is 12.4 Å². The summed E-state index contributed by atoms with van der Waals surface area (Å²) in [5, 5.41) is 9.22. The Hall–Kier alpha value is -2.83. The van der Waals surface area contributed by atoms with Gasteiger partial charge >= 0.3 is 27.2 Å². The number of alkyl halides is 3. The summed E-state index contributed by atoms with van der Waals surface area (Å²) in [6, 6.07) is 2.16. The van der Waals surface area contributed by atoms with Gasteiger partial charge in [-0.05, 0) is 19.1 Å². The highest BCUT2D eigenvalue weighted by atomic mass is 32.2. The van der Waals surface area contributed by atoms with Gasteiger partial charge in [0.05, 0.1) is 12.0 Å². The van der Waals surface area contributed by atoms with Gasteiger partial charge in [-0.2, -0.15) is 21.6 Å². The largest absolute Gasteiger partial charge is 0.534 e. The van der Waals surface area contributed by atoms with E-state index in [9.17, 15) is 36.4 Å². The Morgan fingerprint density at radius 2 is 2.04 bits per heavy atom. The SMILES string of the molecule is CCOC(=O)c1c(OS(=O)(=O)C(F)(F)F)c2cccnc2n(O)c1=O. The van der Waals surface area contributed by atoms with Gasteiger partial charge in [0.1, 0.15) is 0 Å². The molecule has 1 N–H and O–H groups in total. The summed E-state index contributed by atoms with van der Waals surface area (Å²) in [6.07, 6.45) is 1.07. The number of hydrogen-bond acceptors (Lipinski definition) is 8. The zero-order chi connectivity index (χ0) is 19.0. The standard InChI is InChI=1S/C12H9F3N2O7S/c1-2-23-11(19)7-8(24-25(21,22)12(13,14)15)6-4-3-5-16-9(6)17(20)10(7)18/h3-5,20H,2H2,1H3. The van der Waals surface area contributed by atoms with Crippen LogP contribution in [0.5, 0.6) is 5.75 Å². The minimum Gasteiger partial charge on any atom is -0.462 e. The first-order valence-electron chi connectivity index (χ1n) is 6.42. The van der Waals surface area contributed by atoms with Crippen LogP contribution in [-0.4, -0.2) is 41.4 Å². The molecule has 136 valence electrons. The van der Waals surface area contributed by atoms with Crippen LogP contribution in [0, 0.1) is 0 Å². The Bertz CT molecular complexity index is 998. The van der Waals surface area contributed by atoms with E-state index in [0.29, 0.717) is 0 Å². The van der Waals surface area contributed by atoms with Crippen molar-refractivity contribution in [3.8, 4) is 5.75 Å². The number of rotatable bonds is 4. The van der Waals surface area contributed by atoms with E-state index >= 15 is 0 Å². The fourth-order valence-corrected chi connectivity index (χ4v) is 2.29. The molecular weight excluding hydrogens is 373 g/mol. The molecule has 13 heteroatoms. The number of carbonyl (C=O) groups excluding carboxylic acids is 1. The second kappa shape index (κ2) is 6.23. The van der Waals surface area contributed by atoms with Gasteiger partial charge in [-0.15, -0.1) is 4.73 Å². The molecule has 0 amide bonds. The van der Waals surface area contributed by atoms with Crippen LogP contribution >= 0.6 is 0 Å². The van der Waals surface area contributed by atoms with Gasteiger partial charge < -0.3 is 14.1 Å². The predicted molar refractivity (Wildman–Crippen MR) is 74.7 cm³/mol. The Balaban J connectivity index is 2.88. The molecule has 0 saturated carbocycles. The van der Waals surface area contributed by atoms with E-state index in [1.165, 1.54) is 6.92 Å². The number of ether oxygens (including phenoxy) is 1. The molecule has 0 spiro atoms. The molecule has 0 radical (unpaired) electrons. The van der Waals surface area contributed by atoms with Gasteiger partial charge in [-0.3, -0.25) is 4.79 Å². The van der Waals surface area contributed by atoms with Crippen molar-refractivity contribution in [3.63, 3.8) is 0 Å². The summed E-state index contributed by atoms with van der Waals surface area (Å²) < 4.78 is 68.8. The second-order valence-electron chi connectivity index (χ2n) is 4.40. The molecule has 9 nitrogen and oxygen atoms in total. The smallest absolute Gasteiger partial charge is 0.462 e. The van der Waals surface area contributed by atoms with E-state index < -0.39 is 49.5 Å². The van der Waals surface area contributed by atoms with Crippen LogP contribution in [0.4, 0.5) is 13.2 Å². The Morgan fingerprint density at radius 1 is 1.40 bits per heavy atom. The van der Waals surface area contributed by atoms with Crippen molar-refractivity contribution in [3.05, 3.63) is 34.2 Å². The summed E-state index contributed by atoms with van der Waals surface area (Å²) in [4.78, 5) is 27.5. The quantitative estimate of drug-likeness (QED) is 0.360. The van der Waals surface area contributed by atoms with E-state index in [-0.39, 0.29) is 11.3 Å². The summed E-state index contributed by atoms with van der Waals surface area (Å²) in [5.74, 6) is -2.72. The summed E-state index contributed by atoms with van der Waals surface area (Å²) >= 11 is 0. The van der Waals surface area contributed by atoms with Gasteiger partial charge in [0, 0.05) is 6.20 Å². The highest BCUT2D eigenvalue weighted by Crippen LogP contribution is 2.32. The van der Waals surface area contributed by atoms with Crippen LogP contribution in [0.1, 0.15) is 17.3 Å². The van der Waals surface area contributed by atoms with E-state index in [4.69, 9.17) is 0 Å². The first-order chi connectivity index (χ1) is 11.5. The predicted octanol–water partition coefficient (Wildman–Crippen LogP) is 1.04. The van der Waals surface area contributed by atoms with Crippen molar-refractivity contribution in [2.75, 3.05) is 6.61 Å². The van der Waals surface area contributed by atoms with Crippen molar-refractivity contribution < 1.29 is 40.5 Å². The number of carbonyl (C=O) groups is 1. The summed E-state index contributed by atoms with van der Waals surface area (Å²) in [6.45, 7) is 1.06. The minimum absolute atomic E-state index is 0.130. The highest BCUT2D eigenvalue weighted by molar-refractivity contribution is 7.88. The first kappa shape index (κ1) is 18.5. The van der Waals surface area contributed by atoms with E-state index in [1.54, 1.807) is 0 Å². The lowest BCUT2D eigenvalue weighted by Crippen LogP contribution is -2.32. The molecule has 2 rings (SSSR count). The fourth-order valence-electron chi connectivity index (χ4n) is 1.80. The molecule has 0 aromatic carbocycles. The molecule has 0 atom stereocenters. The lowest BCUT2D eigenvalue weighted by atomic mass is 10.2. The zero-order valence-electron chi connectivity index (χ0n) is 12.3. The third kappa shape index (κ3) is 3.22. The van der Waals surface area contributed by atoms with E-state index in [0.717, 1.165) is 18.3 Å².